The summed E-state index contributed by atoms with van der Waals surface area (Å²) in [6.07, 6.45) is 81.0. The molecule has 0 aliphatic rings. The Morgan fingerprint density at radius 2 is 0.731 bits per heavy atom. The Labute approximate surface area is 486 Å². The molecule has 0 heterocycles. The van der Waals surface area contributed by atoms with Gasteiger partial charge in [0, 0.05) is 6.42 Å². The molecule has 8 nitrogen and oxygen atoms in total. The lowest BCUT2D eigenvalue weighted by Gasteiger charge is -2.25. The zero-order chi connectivity index (χ0) is 57.0. The molecule has 1 amide bonds. The average molecular weight is 1120 g/mol. The van der Waals surface area contributed by atoms with Crippen molar-refractivity contribution in [1.82, 2.24) is 5.32 Å². The molecule has 0 aliphatic carbocycles. The van der Waals surface area contributed by atoms with Crippen molar-refractivity contribution in [1.29, 1.82) is 0 Å². The second-order valence-electron chi connectivity index (χ2n) is 24.6. The van der Waals surface area contributed by atoms with Crippen LogP contribution in [0.3, 0.4) is 0 Å². The molecule has 78 heavy (non-hydrogen) atoms. The highest BCUT2D eigenvalue weighted by atomic mass is 31.2. The van der Waals surface area contributed by atoms with Gasteiger partial charge in [0.15, 0.2) is 0 Å². The largest absolute Gasteiger partial charge is 0.472 e. The normalized spacial score (nSPS) is 14.0. The van der Waals surface area contributed by atoms with E-state index in [1.807, 2.05) is 27.2 Å². The minimum atomic E-state index is -4.35. The zero-order valence-electron chi connectivity index (χ0n) is 52.7. The Morgan fingerprint density at radius 3 is 1.06 bits per heavy atom. The van der Waals surface area contributed by atoms with Gasteiger partial charge < -0.3 is 19.8 Å². The summed E-state index contributed by atoms with van der Waals surface area (Å²) in [5, 5.41) is 14.0. The van der Waals surface area contributed by atoms with E-state index in [9.17, 15) is 19.4 Å². The number of quaternary nitrogens is 1. The first-order valence-corrected chi connectivity index (χ1v) is 35.5. The standard InChI is InChI=1S/C69H133N2O6P/c1-6-8-10-12-14-16-18-20-22-24-26-28-30-32-34-35-37-39-41-43-45-47-49-51-53-55-57-59-61-63-69(73)70-67(66-77-78(74,75)76-65-64-71(3,4)5)68(72)62-60-58-56-54-52-50-48-46-44-42-40-38-36-33-31-29-27-25-23-21-19-17-15-13-11-9-7-2/h18,20,24,26,30,32,60,62,67-68,72H,6-17,19,21-23,25,27-29,31,33-59,61,63-66H2,1-5H3,(H-,70,73,74,75)/p+1/b20-18-,26-24-,32-30-,62-60+. The van der Waals surface area contributed by atoms with Gasteiger partial charge in [0.25, 0.3) is 0 Å². The Hall–Kier alpha value is -1.54. The number of amides is 1. The quantitative estimate of drug-likeness (QED) is 0.0243. The molecule has 9 heteroatoms. The van der Waals surface area contributed by atoms with Gasteiger partial charge in [-0.05, 0) is 57.8 Å². The van der Waals surface area contributed by atoms with Crippen LogP contribution in [-0.2, 0) is 18.4 Å². The van der Waals surface area contributed by atoms with E-state index < -0.39 is 20.0 Å². The summed E-state index contributed by atoms with van der Waals surface area (Å²) in [6.45, 7) is 4.85. The molecule has 0 aromatic rings. The van der Waals surface area contributed by atoms with Crippen molar-refractivity contribution in [2.45, 2.75) is 347 Å². The number of unbranched alkanes of at least 4 members (excludes halogenated alkanes) is 44. The van der Waals surface area contributed by atoms with Crippen molar-refractivity contribution >= 4 is 13.7 Å². The van der Waals surface area contributed by atoms with Crippen molar-refractivity contribution in [3.8, 4) is 0 Å². The summed E-state index contributed by atoms with van der Waals surface area (Å²) >= 11 is 0. The van der Waals surface area contributed by atoms with E-state index in [0.717, 1.165) is 51.4 Å². The van der Waals surface area contributed by atoms with Crippen molar-refractivity contribution in [3.63, 3.8) is 0 Å². The molecule has 0 aliphatic heterocycles. The first-order chi connectivity index (χ1) is 38.0. The highest BCUT2D eigenvalue weighted by molar-refractivity contribution is 7.47. The van der Waals surface area contributed by atoms with Gasteiger partial charge in [-0.25, -0.2) is 4.57 Å². The zero-order valence-corrected chi connectivity index (χ0v) is 53.6. The van der Waals surface area contributed by atoms with Crippen LogP contribution in [0, 0.1) is 0 Å². The number of hydrogen-bond donors (Lipinski definition) is 3. The van der Waals surface area contributed by atoms with Gasteiger partial charge in [0.1, 0.15) is 13.2 Å². The van der Waals surface area contributed by atoms with Crippen LogP contribution < -0.4 is 5.32 Å². The highest BCUT2D eigenvalue weighted by Gasteiger charge is 2.28. The molecule has 0 aromatic carbocycles. The number of carbonyl (C=O) groups is 1. The number of hydrogen-bond acceptors (Lipinski definition) is 5. The number of carbonyl (C=O) groups excluding carboxylic acids is 1. The molecule has 0 aromatic heterocycles. The molecule has 3 unspecified atom stereocenters. The summed E-state index contributed by atoms with van der Waals surface area (Å²) in [7, 11) is 1.58. The van der Waals surface area contributed by atoms with E-state index in [1.54, 1.807) is 6.08 Å². The molecule has 0 saturated heterocycles. The Bertz CT molecular complexity index is 1410. The van der Waals surface area contributed by atoms with Crippen LogP contribution in [-0.4, -0.2) is 73.4 Å². The van der Waals surface area contributed by atoms with Gasteiger partial charge in [-0.1, -0.05) is 319 Å². The molecule has 3 atom stereocenters. The molecule has 3 N–H and O–H groups in total. The lowest BCUT2D eigenvalue weighted by atomic mass is 10.0. The average Bonchev–Trinajstić information content (AvgIpc) is 3.41. The summed E-state index contributed by atoms with van der Waals surface area (Å²) in [4.78, 5) is 23.4. The number of nitrogens with one attached hydrogen (secondary N) is 1. The second-order valence-corrected chi connectivity index (χ2v) is 26.0. The predicted octanol–water partition coefficient (Wildman–Crippen LogP) is 21.4. The van der Waals surface area contributed by atoms with Crippen molar-refractivity contribution < 1.29 is 32.9 Å². The first-order valence-electron chi connectivity index (χ1n) is 34.0. The fourth-order valence-corrected chi connectivity index (χ4v) is 11.0. The van der Waals surface area contributed by atoms with Crippen LogP contribution in [0.5, 0.6) is 0 Å². The van der Waals surface area contributed by atoms with Crippen molar-refractivity contribution in [3.05, 3.63) is 48.6 Å². The van der Waals surface area contributed by atoms with Crippen LogP contribution in [0.2, 0.25) is 0 Å². The predicted molar refractivity (Wildman–Crippen MR) is 341 cm³/mol. The summed E-state index contributed by atoms with van der Waals surface area (Å²) in [5.74, 6) is -0.173. The molecular weight excluding hydrogens is 984 g/mol. The SMILES string of the molecule is CCCCCCC/C=C\C/C=C\C/C=C\CCCCCCCCCCCCCCCCC(=O)NC(COP(=O)(O)OCC[N+](C)(C)C)C(O)/C=C/CCCCCCCCCCCCCCCCCCCCCCCCCCC. The molecule has 0 spiro atoms. The molecule has 0 rings (SSSR count). The summed E-state index contributed by atoms with van der Waals surface area (Å²) in [6, 6.07) is -0.849. The molecule has 0 saturated carbocycles. The van der Waals surface area contributed by atoms with Crippen LogP contribution in [0.4, 0.5) is 0 Å². The van der Waals surface area contributed by atoms with E-state index in [2.05, 4.69) is 55.6 Å². The Kier molecular flexibility index (Phi) is 58.9. The first kappa shape index (κ1) is 76.5. The molecule has 0 bridgehead atoms. The minimum Gasteiger partial charge on any atom is -0.387 e. The van der Waals surface area contributed by atoms with Crippen LogP contribution in [0.25, 0.3) is 0 Å². The lowest BCUT2D eigenvalue weighted by molar-refractivity contribution is -0.870. The highest BCUT2D eigenvalue weighted by Crippen LogP contribution is 2.43. The van der Waals surface area contributed by atoms with Crippen LogP contribution in [0.1, 0.15) is 335 Å². The number of rotatable bonds is 63. The third-order valence-electron chi connectivity index (χ3n) is 15.5. The Balaban J connectivity index is 4.09. The number of phosphoric acid groups is 1. The summed E-state index contributed by atoms with van der Waals surface area (Å²) in [5.41, 5.74) is 0. The Morgan fingerprint density at radius 1 is 0.436 bits per heavy atom. The van der Waals surface area contributed by atoms with Gasteiger partial charge in [0.2, 0.25) is 5.91 Å². The minimum absolute atomic E-state index is 0.0617. The lowest BCUT2D eigenvalue weighted by Crippen LogP contribution is -2.45. The third kappa shape index (κ3) is 62.1. The molecule has 0 fully saturated rings. The topological polar surface area (TPSA) is 105 Å². The number of allylic oxidation sites excluding steroid dienone is 7. The third-order valence-corrected chi connectivity index (χ3v) is 16.5. The maximum absolute atomic E-state index is 13.0. The maximum atomic E-state index is 13.0. The van der Waals surface area contributed by atoms with E-state index >= 15 is 0 Å². The smallest absolute Gasteiger partial charge is 0.387 e. The number of aliphatic hydroxyl groups excluding tert-OH is 1. The fraction of sp³-hybridized carbons (Fsp3) is 0.870. The van der Waals surface area contributed by atoms with E-state index in [0.29, 0.717) is 17.4 Å². The maximum Gasteiger partial charge on any atom is 0.472 e. The second kappa shape index (κ2) is 60.1. The van der Waals surface area contributed by atoms with Gasteiger partial charge in [-0.2, -0.15) is 0 Å². The van der Waals surface area contributed by atoms with E-state index in [1.165, 1.54) is 263 Å². The number of aliphatic hydroxyl groups is 1. The van der Waals surface area contributed by atoms with Crippen LogP contribution in [0.15, 0.2) is 48.6 Å². The van der Waals surface area contributed by atoms with Gasteiger partial charge in [-0.15, -0.1) is 0 Å². The van der Waals surface area contributed by atoms with E-state index in [-0.39, 0.29) is 19.1 Å². The summed E-state index contributed by atoms with van der Waals surface area (Å²) < 4.78 is 23.8. The van der Waals surface area contributed by atoms with Gasteiger partial charge >= 0.3 is 7.82 Å². The van der Waals surface area contributed by atoms with Crippen molar-refractivity contribution in [2.75, 3.05) is 40.9 Å². The number of nitrogens with zero attached hydrogens (tertiary/aromatic N) is 1. The van der Waals surface area contributed by atoms with Gasteiger partial charge in [-0.3, -0.25) is 13.8 Å². The molecular formula is C69H134N2O6P+. The van der Waals surface area contributed by atoms with Crippen molar-refractivity contribution in [2.24, 2.45) is 0 Å². The fourth-order valence-electron chi connectivity index (χ4n) is 10.2. The molecule has 460 valence electrons. The van der Waals surface area contributed by atoms with Gasteiger partial charge in [0.05, 0.1) is 39.9 Å². The number of likely N-dealkylation sites (N-methyl/N-ethyl adjacent to an activating group) is 1. The van der Waals surface area contributed by atoms with E-state index in [4.69, 9.17) is 9.05 Å². The molecule has 0 radical (unpaired) electrons. The van der Waals surface area contributed by atoms with Crippen LogP contribution >= 0.6 is 7.82 Å². The number of phosphoric ester groups is 1. The monoisotopic (exact) mass is 1120 g/mol.